The summed E-state index contributed by atoms with van der Waals surface area (Å²) in [5.41, 5.74) is 3.56. The lowest BCUT2D eigenvalue weighted by molar-refractivity contribution is -0.142. The lowest BCUT2D eigenvalue weighted by Crippen LogP contribution is -2.46. The fourth-order valence-electron chi connectivity index (χ4n) is 4.45. The van der Waals surface area contributed by atoms with Crippen molar-refractivity contribution in [2.24, 2.45) is 0 Å². The van der Waals surface area contributed by atoms with Crippen LogP contribution in [-0.2, 0) is 17.8 Å². The highest BCUT2D eigenvalue weighted by atomic mass is 79.9. The number of rotatable bonds is 8. The standard InChI is InChI=1S/C31H23BrClNO4/c32-26-18-24(33)13-14-25(26)30(35)34(27(31(36)37)16-20-7-2-1-3-8-20)19-21-9-6-11-22(15-21)29-17-23-10-4-5-12-28(23)38-29/h1-15,17-18,27H,16,19H2,(H,36,37)/t27-/m0/s1. The van der Waals surface area contributed by atoms with Gasteiger partial charge in [0.25, 0.3) is 5.91 Å². The van der Waals surface area contributed by atoms with Crippen LogP contribution in [0.5, 0.6) is 0 Å². The Hall–Kier alpha value is -3.87. The second-order valence-electron chi connectivity index (χ2n) is 8.95. The average Bonchev–Trinajstić information content (AvgIpc) is 3.35. The third-order valence-corrected chi connectivity index (χ3v) is 7.24. The van der Waals surface area contributed by atoms with Crippen molar-refractivity contribution in [1.82, 2.24) is 4.90 Å². The van der Waals surface area contributed by atoms with Crippen LogP contribution in [-0.4, -0.2) is 27.9 Å². The zero-order chi connectivity index (χ0) is 26.6. The van der Waals surface area contributed by atoms with E-state index in [4.69, 9.17) is 16.0 Å². The molecule has 4 aromatic carbocycles. The van der Waals surface area contributed by atoms with E-state index in [9.17, 15) is 14.7 Å². The Morgan fingerprint density at radius 2 is 1.61 bits per heavy atom. The van der Waals surface area contributed by atoms with Crippen LogP contribution in [0.25, 0.3) is 22.3 Å². The fourth-order valence-corrected chi connectivity index (χ4v) is 5.31. The first-order valence-electron chi connectivity index (χ1n) is 12.0. The van der Waals surface area contributed by atoms with Crippen LogP contribution in [0.15, 0.2) is 112 Å². The predicted molar refractivity (Wildman–Crippen MR) is 152 cm³/mol. The number of furan rings is 1. The average molecular weight is 589 g/mol. The molecule has 1 N–H and O–H groups in total. The number of hydrogen-bond acceptors (Lipinski definition) is 3. The Balaban J connectivity index is 1.53. The van der Waals surface area contributed by atoms with Gasteiger partial charge < -0.3 is 14.4 Å². The number of para-hydroxylation sites is 1. The van der Waals surface area contributed by atoms with Crippen molar-refractivity contribution < 1.29 is 19.1 Å². The molecular formula is C31H23BrClNO4. The highest BCUT2D eigenvalue weighted by molar-refractivity contribution is 9.10. The minimum absolute atomic E-state index is 0.0891. The summed E-state index contributed by atoms with van der Waals surface area (Å²) in [5, 5.41) is 11.7. The van der Waals surface area contributed by atoms with Crippen LogP contribution < -0.4 is 0 Å². The summed E-state index contributed by atoms with van der Waals surface area (Å²) in [6.45, 7) is 0.0891. The van der Waals surface area contributed by atoms with Gasteiger partial charge in [-0.1, -0.05) is 78.3 Å². The summed E-state index contributed by atoms with van der Waals surface area (Å²) in [6, 6.07) is 30.4. The Morgan fingerprint density at radius 1 is 0.868 bits per heavy atom. The normalized spacial score (nSPS) is 11.8. The molecule has 0 saturated heterocycles. The number of amides is 1. The monoisotopic (exact) mass is 587 g/mol. The lowest BCUT2D eigenvalue weighted by Gasteiger charge is -2.30. The molecule has 1 heterocycles. The minimum atomic E-state index is -1.10. The Bertz CT molecular complexity index is 1580. The van der Waals surface area contributed by atoms with Gasteiger partial charge in [0.05, 0.1) is 5.56 Å². The van der Waals surface area contributed by atoms with Crippen molar-refractivity contribution in [2.75, 3.05) is 0 Å². The van der Waals surface area contributed by atoms with Crippen LogP contribution in [0, 0.1) is 0 Å². The Morgan fingerprint density at radius 3 is 2.34 bits per heavy atom. The first kappa shape index (κ1) is 25.8. The maximum absolute atomic E-state index is 13.9. The molecule has 0 aliphatic heterocycles. The van der Waals surface area contributed by atoms with Gasteiger partial charge in [-0.15, -0.1) is 0 Å². The number of hydrogen-bond donors (Lipinski definition) is 1. The minimum Gasteiger partial charge on any atom is -0.480 e. The van der Waals surface area contributed by atoms with Crippen molar-refractivity contribution >= 4 is 50.4 Å². The zero-order valence-electron chi connectivity index (χ0n) is 20.2. The van der Waals surface area contributed by atoms with Crippen molar-refractivity contribution in [2.45, 2.75) is 19.0 Å². The van der Waals surface area contributed by atoms with Gasteiger partial charge in [-0.25, -0.2) is 4.79 Å². The van der Waals surface area contributed by atoms with E-state index in [1.807, 2.05) is 84.9 Å². The van der Waals surface area contributed by atoms with Gasteiger partial charge in [-0.2, -0.15) is 0 Å². The predicted octanol–water partition coefficient (Wildman–Crippen LogP) is 7.85. The van der Waals surface area contributed by atoms with E-state index in [0.29, 0.717) is 20.8 Å². The summed E-state index contributed by atoms with van der Waals surface area (Å²) in [4.78, 5) is 27.8. The molecule has 0 fully saturated rings. The van der Waals surface area contributed by atoms with Gasteiger partial charge in [0.2, 0.25) is 0 Å². The van der Waals surface area contributed by atoms with Crippen molar-refractivity contribution in [3.8, 4) is 11.3 Å². The number of carbonyl (C=O) groups is 2. The molecule has 0 unspecified atom stereocenters. The summed E-state index contributed by atoms with van der Waals surface area (Å²) >= 11 is 9.52. The summed E-state index contributed by atoms with van der Waals surface area (Å²) in [6.07, 6.45) is 0.163. The Kier molecular flexibility index (Phi) is 7.63. The van der Waals surface area contributed by atoms with Crippen molar-refractivity contribution in [3.05, 3.63) is 129 Å². The molecule has 5 aromatic rings. The molecule has 5 nitrogen and oxygen atoms in total. The van der Waals surface area contributed by atoms with E-state index in [1.165, 1.54) is 4.90 Å². The largest absolute Gasteiger partial charge is 0.480 e. The van der Waals surface area contributed by atoms with E-state index in [0.717, 1.165) is 27.7 Å². The van der Waals surface area contributed by atoms with Crippen LogP contribution in [0.3, 0.4) is 0 Å². The number of carboxylic acids is 1. The quantitative estimate of drug-likeness (QED) is 0.200. The summed E-state index contributed by atoms with van der Waals surface area (Å²) in [7, 11) is 0. The molecule has 38 heavy (non-hydrogen) atoms. The van der Waals surface area contributed by atoms with E-state index >= 15 is 0 Å². The molecule has 1 amide bonds. The molecule has 0 aliphatic rings. The van der Waals surface area contributed by atoms with E-state index in [2.05, 4.69) is 15.9 Å². The van der Waals surface area contributed by atoms with Crippen LogP contribution in [0.2, 0.25) is 5.02 Å². The highest BCUT2D eigenvalue weighted by Gasteiger charge is 2.32. The van der Waals surface area contributed by atoms with E-state index in [1.54, 1.807) is 18.2 Å². The molecule has 0 radical (unpaired) electrons. The lowest BCUT2D eigenvalue weighted by atomic mass is 10.0. The van der Waals surface area contributed by atoms with E-state index < -0.39 is 17.9 Å². The van der Waals surface area contributed by atoms with Gasteiger partial charge in [0.1, 0.15) is 17.4 Å². The number of aliphatic carboxylic acids is 1. The van der Waals surface area contributed by atoms with Crippen LogP contribution >= 0.6 is 27.5 Å². The third kappa shape index (κ3) is 5.67. The number of nitrogens with zero attached hydrogens (tertiary/aromatic N) is 1. The van der Waals surface area contributed by atoms with E-state index in [-0.39, 0.29) is 13.0 Å². The molecule has 7 heteroatoms. The van der Waals surface area contributed by atoms with Gasteiger partial charge in [0, 0.05) is 33.4 Å². The first-order chi connectivity index (χ1) is 18.4. The van der Waals surface area contributed by atoms with Crippen molar-refractivity contribution in [3.63, 3.8) is 0 Å². The molecule has 0 spiro atoms. The molecule has 0 aliphatic carbocycles. The molecule has 0 bridgehead atoms. The summed E-state index contributed by atoms with van der Waals surface area (Å²) in [5.74, 6) is -0.794. The van der Waals surface area contributed by atoms with Gasteiger partial charge in [0.15, 0.2) is 0 Å². The first-order valence-corrected chi connectivity index (χ1v) is 13.2. The molecular weight excluding hydrogens is 566 g/mol. The number of benzene rings is 4. The van der Waals surface area contributed by atoms with Crippen LogP contribution in [0.1, 0.15) is 21.5 Å². The highest BCUT2D eigenvalue weighted by Crippen LogP contribution is 2.30. The summed E-state index contributed by atoms with van der Waals surface area (Å²) < 4.78 is 6.53. The number of halogens is 2. The maximum atomic E-state index is 13.9. The second-order valence-corrected chi connectivity index (χ2v) is 10.2. The fraction of sp³-hybridized carbons (Fsp3) is 0.0968. The smallest absolute Gasteiger partial charge is 0.326 e. The van der Waals surface area contributed by atoms with Crippen molar-refractivity contribution in [1.29, 1.82) is 0 Å². The van der Waals surface area contributed by atoms with Crippen LogP contribution in [0.4, 0.5) is 0 Å². The zero-order valence-corrected chi connectivity index (χ0v) is 22.5. The number of fused-ring (bicyclic) bond motifs is 1. The maximum Gasteiger partial charge on any atom is 0.326 e. The third-order valence-electron chi connectivity index (χ3n) is 6.35. The number of carbonyl (C=O) groups excluding carboxylic acids is 1. The molecule has 0 saturated carbocycles. The molecule has 190 valence electrons. The number of carboxylic acid groups (broad SMARTS) is 1. The molecule has 1 atom stereocenters. The topological polar surface area (TPSA) is 70.8 Å². The molecule has 1 aromatic heterocycles. The SMILES string of the molecule is O=C(O)[C@H](Cc1ccccc1)N(Cc1cccc(-c2cc3ccccc3o2)c1)C(=O)c1ccc(Cl)cc1Br. The van der Waals surface area contributed by atoms with Gasteiger partial charge in [-0.3, -0.25) is 4.79 Å². The van der Waals surface area contributed by atoms with Gasteiger partial charge >= 0.3 is 5.97 Å². The Labute approximate surface area is 233 Å². The van der Waals surface area contributed by atoms with Gasteiger partial charge in [-0.05, 0) is 63.5 Å². The molecule has 5 rings (SSSR count). The second kappa shape index (κ2) is 11.3.